The molecule has 0 aliphatic heterocycles. The molecule has 1 fully saturated rings. The van der Waals surface area contributed by atoms with Gasteiger partial charge in [-0.3, -0.25) is 4.79 Å². The molecule has 5 atom stereocenters. The number of carbonyl (C=O) groups excluding carboxylic acids is 1. The maximum absolute atomic E-state index is 12.8. The number of fused-ring (bicyclic) bond motifs is 2. The first kappa shape index (κ1) is 21.9. The molecule has 164 valence electrons. The van der Waals surface area contributed by atoms with Crippen LogP contribution in [0.2, 0.25) is 0 Å². The van der Waals surface area contributed by atoms with Gasteiger partial charge in [-0.1, -0.05) is 13.8 Å². The first-order valence-electron chi connectivity index (χ1n) is 10.8. The third kappa shape index (κ3) is 3.53. The standard InChI is InChI=1S/C23H32N2O3S2/c1-13(2)24-19(28)9-15-20-16(30-21(25-20)14-6-8-29-11-14)10-17-22(15,3)7-5-18(27)23(17,4)12-26/h6,8,11,13,15,17-18,26-27H,5,7,9-10,12H2,1-4H3,(H,24,28)/t15-,17+,18+,22-,23-/m0/s1. The minimum Gasteiger partial charge on any atom is -0.396 e. The molecule has 30 heavy (non-hydrogen) atoms. The smallest absolute Gasteiger partial charge is 0.220 e. The number of carbonyl (C=O) groups is 1. The van der Waals surface area contributed by atoms with E-state index in [4.69, 9.17) is 4.98 Å². The van der Waals surface area contributed by atoms with Crippen molar-refractivity contribution in [1.82, 2.24) is 10.3 Å². The molecule has 3 N–H and O–H groups in total. The number of aliphatic hydroxyl groups is 2. The van der Waals surface area contributed by atoms with Gasteiger partial charge in [0.2, 0.25) is 5.91 Å². The molecule has 0 radical (unpaired) electrons. The highest BCUT2D eigenvalue weighted by molar-refractivity contribution is 7.15. The summed E-state index contributed by atoms with van der Waals surface area (Å²) in [5.74, 6) is 0.121. The normalized spacial score (nSPS) is 33.2. The van der Waals surface area contributed by atoms with Crippen molar-refractivity contribution in [2.45, 2.75) is 71.4 Å². The van der Waals surface area contributed by atoms with Gasteiger partial charge in [0.15, 0.2) is 0 Å². The number of aliphatic hydroxyl groups excluding tert-OH is 2. The third-order valence-electron chi connectivity index (χ3n) is 7.50. The van der Waals surface area contributed by atoms with E-state index >= 15 is 0 Å². The lowest BCUT2D eigenvalue weighted by atomic mass is 9.47. The SMILES string of the molecule is CC(C)NC(=O)C[C@H]1c2nc(-c3ccsc3)sc2C[C@H]2[C@](C)(CO)[C@H](O)CC[C@]21C. The zero-order valence-electron chi connectivity index (χ0n) is 18.1. The number of hydrogen-bond donors (Lipinski definition) is 3. The molecule has 2 heterocycles. The number of nitrogens with one attached hydrogen (secondary N) is 1. The van der Waals surface area contributed by atoms with Crippen LogP contribution in [0.4, 0.5) is 0 Å². The van der Waals surface area contributed by atoms with Gasteiger partial charge in [0.1, 0.15) is 5.01 Å². The van der Waals surface area contributed by atoms with Crippen LogP contribution < -0.4 is 5.32 Å². The van der Waals surface area contributed by atoms with Crippen LogP contribution in [0.1, 0.15) is 63.4 Å². The van der Waals surface area contributed by atoms with Crippen molar-refractivity contribution < 1.29 is 15.0 Å². The lowest BCUT2D eigenvalue weighted by Crippen LogP contribution is -2.57. The van der Waals surface area contributed by atoms with Gasteiger partial charge in [-0.05, 0) is 55.9 Å². The minimum atomic E-state index is -0.579. The van der Waals surface area contributed by atoms with Crippen LogP contribution in [0.25, 0.3) is 10.6 Å². The van der Waals surface area contributed by atoms with Crippen LogP contribution in [0, 0.1) is 16.7 Å². The minimum absolute atomic E-state index is 0.0213. The molecular weight excluding hydrogens is 416 g/mol. The Balaban J connectivity index is 1.80. The van der Waals surface area contributed by atoms with Crippen LogP contribution in [-0.4, -0.2) is 39.9 Å². The van der Waals surface area contributed by atoms with Gasteiger partial charge >= 0.3 is 0 Å². The Labute approximate surface area is 186 Å². The topological polar surface area (TPSA) is 82.5 Å². The quantitative estimate of drug-likeness (QED) is 0.640. The molecule has 4 rings (SSSR count). The lowest BCUT2D eigenvalue weighted by Gasteiger charge is -2.58. The number of aromatic nitrogens is 1. The monoisotopic (exact) mass is 448 g/mol. The van der Waals surface area contributed by atoms with E-state index in [0.29, 0.717) is 12.8 Å². The van der Waals surface area contributed by atoms with Crippen LogP contribution in [0.15, 0.2) is 16.8 Å². The average Bonchev–Trinajstić information content (AvgIpc) is 3.35. The van der Waals surface area contributed by atoms with E-state index in [1.807, 2.05) is 20.8 Å². The van der Waals surface area contributed by atoms with Gasteiger partial charge in [0, 0.05) is 39.6 Å². The second-order valence-electron chi connectivity index (χ2n) is 9.80. The zero-order chi connectivity index (χ0) is 21.7. The Bertz CT molecular complexity index is 910. The van der Waals surface area contributed by atoms with Crippen molar-refractivity contribution in [3.8, 4) is 10.6 Å². The Morgan fingerprint density at radius 3 is 2.80 bits per heavy atom. The fourth-order valence-electron chi connectivity index (χ4n) is 5.72. The number of amides is 1. The number of rotatable bonds is 5. The van der Waals surface area contributed by atoms with Gasteiger partial charge in [-0.25, -0.2) is 4.98 Å². The molecule has 7 heteroatoms. The summed E-state index contributed by atoms with van der Waals surface area (Å²) >= 11 is 3.36. The predicted octanol–water partition coefficient (Wildman–Crippen LogP) is 4.20. The molecule has 0 aromatic carbocycles. The zero-order valence-corrected chi connectivity index (χ0v) is 19.8. The van der Waals surface area contributed by atoms with Gasteiger partial charge < -0.3 is 15.5 Å². The lowest BCUT2D eigenvalue weighted by molar-refractivity contribution is -0.144. The van der Waals surface area contributed by atoms with Crippen LogP contribution in [-0.2, 0) is 11.2 Å². The maximum atomic E-state index is 12.8. The van der Waals surface area contributed by atoms with Crippen molar-refractivity contribution in [1.29, 1.82) is 0 Å². The highest BCUT2D eigenvalue weighted by Gasteiger charge is 2.59. The fraction of sp³-hybridized carbons (Fsp3) is 0.652. The summed E-state index contributed by atoms with van der Waals surface area (Å²) in [5.41, 5.74) is 1.40. The van der Waals surface area contributed by atoms with Crippen molar-refractivity contribution in [2.75, 3.05) is 6.61 Å². The molecule has 0 saturated heterocycles. The third-order valence-corrected chi connectivity index (χ3v) is 9.33. The number of hydrogen-bond acceptors (Lipinski definition) is 6. The first-order valence-corrected chi connectivity index (χ1v) is 12.6. The molecule has 2 aliphatic rings. The van der Waals surface area contributed by atoms with Crippen molar-refractivity contribution >= 4 is 28.6 Å². The average molecular weight is 449 g/mol. The Morgan fingerprint density at radius 2 is 2.17 bits per heavy atom. The summed E-state index contributed by atoms with van der Waals surface area (Å²) < 4.78 is 0. The van der Waals surface area contributed by atoms with E-state index in [-0.39, 0.29) is 35.8 Å². The second-order valence-corrected chi connectivity index (χ2v) is 11.7. The van der Waals surface area contributed by atoms with Gasteiger partial charge in [0.25, 0.3) is 0 Å². The van der Waals surface area contributed by atoms with Gasteiger partial charge in [0.05, 0.1) is 18.4 Å². The molecule has 2 aliphatic carbocycles. The Morgan fingerprint density at radius 1 is 1.40 bits per heavy atom. The van der Waals surface area contributed by atoms with E-state index in [9.17, 15) is 15.0 Å². The van der Waals surface area contributed by atoms with E-state index in [1.54, 1.807) is 22.7 Å². The molecule has 0 bridgehead atoms. The van der Waals surface area contributed by atoms with E-state index in [0.717, 1.165) is 29.1 Å². The highest BCUT2D eigenvalue weighted by atomic mass is 32.1. The molecule has 0 spiro atoms. The molecule has 0 unspecified atom stereocenters. The Kier molecular flexibility index (Phi) is 5.85. The number of nitrogens with zero attached hydrogens (tertiary/aromatic N) is 1. The number of thiophene rings is 1. The molecule has 2 aromatic heterocycles. The van der Waals surface area contributed by atoms with E-state index in [1.165, 1.54) is 4.88 Å². The van der Waals surface area contributed by atoms with E-state index in [2.05, 4.69) is 29.1 Å². The van der Waals surface area contributed by atoms with Crippen LogP contribution >= 0.6 is 22.7 Å². The van der Waals surface area contributed by atoms with E-state index < -0.39 is 11.5 Å². The highest BCUT2D eigenvalue weighted by Crippen LogP contribution is 2.62. The van der Waals surface area contributed by atoms with Crippen molar-refractivity contribution in [3.05, 3.63) is 27.4 Å². The second kappa shape index (κ2) is 8.01. The molecule has 5 nitrogen and oxygen atoms in total. The summed E-state index contributed by atoms with van der Waals surface area (Å²) in [6, 6.07) is 2.18. The molecule has 1 saturated carbocycles. The molecule has 1 amide bonds. The first-order chi connectivity index (χ1) is 14.2. The predicted molar refractivity (Wildman–Crippen MR) is 122 cm³/mol. The summed E-state index contributed by atoms with van der Waals surface area (Å²) in [4.78, 5) is 19.1. The largest absolute Gasteiger partial charge is 0.396 e. The van der Waals surface area contributed by atoms with Crippen LogP contribution in [0.3, 0.4) is 0 Å². The summed E-state index contributed by atoms with van der Waals surface area (Å²) in [6.07, 6.45) is 2.13. The van der Waals surface area contributed by atoms with Crippen LogP contribution in [0.5, 0.6) is 0 Å². The summed E-state index contributed by atoms with van der Waals surface area (Å²) in [7, 11) is 0. The van der Waals surface area contributed by atoms with Gasteiger partial charge in [-0.2, -0.15) is 11.3 Å². The van der Waals surface area contributed by atoms with Gasteiger partial charge in [-0.15, -0.1) is 11.3 Å². The Hall–Kier alpha value is -1.28. The van der Waals surface area contributed by atoms with Crippen molar-refractivity contribution in [2.24, 2.45) is 16.7 Å². The summed E-state index contributed by atoms with van der Waals surface area (Å²) in [6.45, 7) is 8.16. The van der Waals surface area contributed by atoms with Crippen molar-refractivity contribution in [3.63, 3.8) is 0 Å². The molecule has 2 aromatic rings. The molecular formula is C23H32N2O3S2. The number of thiazole rings is 1. The summed E-state index contributed by atoms with van der Waals surface area (Å²) in [5, 5.41) is 29.4. The maximum Gasteiger partial charge on any atom is 0.220 e. The fourth-order valence-corrected chi connectivity index (χ4v) is 7.60.